The Morgan fingerprint density at radius 1 is 1.40 bits per heavy atom. The summed E-state index contributed by atoms with van der Waals surface area (Å²) < 4.78 is 0. The van der Waals surface area contributed by atoms with Crippen molar-refractivity contribution in [1.82, 2.24) is 0 Å². The molecule has 3 heteroatoms. The van der Waals surface area contributed by atoms with Crippen LogP contribution in [0.15, 0.2) is 10.8 Å². The molecule has 1 nitrogen and oxygen atoms in total. The van der Waals surface area contributed by atoms with Gasteiger partial charge in [-0.1, -0.05) is 30.4 Å². The van der Waals surface area contributed by atoms with Crippen LogP contribution in [-0.4, -0.2) is 24.7 Å². The van der Waals surface area contributed by atoms with E-state index in [4.69, 9.17) is 11.6 Å². The first kappa shape index (κ1) is 13.3. The summed E-state index contributed by atoms with van der Waals surface area (Å²) in [5.41, 5.74) is 0.782. The molecule has 1 rings (SSSR count). The Bertz CT molecular complexity index is 263. The van der Waals surface area contributed by atoms with Crippen LogP contribution in [0.4, 0.5) is 0 Å². The second-order valence-corrected chi connectivity index (χ2v) is 11.4. The molecule has 0 bridgehead atoms. The van der Waals surface area contributed by atoms with Crippen LogP contribution >= 0.6 is 11.6 Å². The van der Waals surface area contributed by atoms with Gasteiger partial charge in [0.25, 0.3) is 0 Å². The summed E-state index contributed by atoms with van der Waals surface area (Å²) in [4.78, 5) is 0. The van der Waals surface area contributed by atoms with Crippen LogP contribution in [0.3, 0.4) is 0 Å². The molecule has 1 aliphatic carbocycles. The largest absolute Gasteiger partial charge is 0.390 e. The third-order valence-electron chi connectivity index (χ3n) is 3.23. The molecule has 0 fully saturated rings. The third kappa shape index (κ3) is 3.61. The molecule has 1 N–H and O–H groups in total. The highest BCUT2D eigenvalue weighted by Gasteiger charge is 2.30. The van der Waals surface area contributed by atoms with Crippen molar-refractivity contribution >= 4 is 19.7 Å². The van der Waals surface area contributed by atoms with Crippen molar-refractivity contribution in [3.8, 4) is 0 Å². The fraction of sp³-hybridized carbons (Fsp3) is 0.833. The highest BCUT2D eigenvalue weighted by atomic mass is 35.5. The van der Waals surface area contributed by atoms with Gasteiger partial charge >= 0.3 is 0 Å². The van der Waals surface area contributed by atoms with E-state index in [2.05, 4.69) is 19.6 Å². The predicted molar refractivity (Wildman–Crippen MR) is 70.2 cm³/mol. The normalized spacial score (nSPS) is 29.2. The van der Waals surface area contributed by atoms with Gasteiger partial charge in [-0.25, -0.2) is 0 Å². The molecule has 0 aromatic rings. The standard InChI is InChI=1S/C12H23ClOSi/c1-12(14)7-5-6-11(15(2,3)4)10(8-12)9-13/h14H,5-9H2,1-4H3. The number of aliphatic hydroxyl groups is 1. The van der Waals surface area contributed by atoms with Gasteiger partial charge < -0.3 is 5.11 Å². The van der Waals surface area contributed by atoms with Gasteiger partial charge in [0, 0.05) is 5.88 Å². The smallest absolute Gasteiger partial charge is 0.0724 e. The maximum Gasteiger partial charge on any atom is 0.0724 e. The molecular formula is C12H23ClOSi. The summed E-state index contributed by atoms with van der Waals surface area (Å²) in [5, 5.41) is 11.8. The average Bonchev–Trinajstić information content (AvgIpc) is 2.21. The van der Waals surface area contributed by atoms with Crippen molar-refractivity contribution in [2.24, 2.45) is 0 Å². The molecule has 88 valence electrons. The molecule has 0 aromatic carbocycles. The number of halogens is 1. The Balaban J connectivity index is 3.02. The molecule has 1 atom stereocenters. The Morgan fingerprint density at radius 2 is 2.00 bits per heavy atom. The van der Waals surface area contributed by atoms with Crippen molar-refractivity contribution in [3.05, 3.63) is 10.8 Å². The lowest BCUT2D eigenvalue weighted by molar-refractivity contribution is 0.0518. The molecular weight excluding hydrogens is 224 g/mol. The second-order valence-electron chi connectivity index (χ2n) is 5.99. The lowest BCUT2D eigenvalue weighted by Crippen LogP contribution is -2.27. The van der Waals surface area contributed by atoms with Gasteiger partial charge in [0.2, 0.25) is 0 Å². The fourth-order valence-corrected chi connectivity index (χ4v) is 5.04. The van der Waals surface area contributed by atoms with Gasteiger partial charge in [0.1, 0.15) is 0 Å². The zero-order valence-electron chi connectivity index (χ0n) is 10.4. The van der Waals surface area contributed by atoms with E-state index >= 15 is 0 Å². The number of allylic oxidation sites excluding steroid dienone is 1. The lowest BCUT2D eigenvalue weighted by atomic mass is 9.95. The molecule has 1 aliphatic rings. The SMILES string of the molecule is CC1(O)CCCC([Si](C)(C)C)=C(CCl)C1. The van der Waals surface area contributed by atoms with Gasteiger partial charge in [0.05, 0.1) is 13.7 Å². The summed E-state index contributed by atoms with van der Waals surface area (Å²) >= 11 is 6.03. The van der Waals surface area contributed by atoms with Crippen LogP contribution in [0, 0.1) is 0 Å². The van der Waals surface area contributed by atoms with Crippen molar-refractivity contribution in [3.63, 3.8) is 0 Å². The van der Waals surface area contributed by atoms with Gasteiger partial charge in [-0.3, -0.25) is 0 Å². The Labute approximate surface area is 99.5 Å². The fourth-order valence-electron chi connectivity index (χ4n) is 2.51. The highest BCUT2D eigenvalue weighted by Crippen LogP contribution is 2.35. The maximum atomic E-state index is 10.2. The maximum absolute atomic E-state index is 10.2. The molecule has 0 radical (unpaired) electrons. The van der Waals surface area contributed by atoms with Crippen LogP contribution in [0.1, 0.15) is 32.6 Å². The topological polar surface area (TPSA) is 20.2 Å². The molecule has 0 spiro atoms. The minimum atomic E-state index is -1.25. The van der Waals surface area contributed by atoms with Gasteiger partial charge in [0.15, 0.2) is 0 Å². The van der Waals surface area contributed by atoms with E-state index in [1.54, 1.807) is 5.20 Å². The number of hydrogen-bond donors (Lipinski definition) is 1. The van der Waals surface area contributed by atoms with Crippen molar-refractivity contribution in [2.45, 2.75) is 57.8 Å². The molecule has 15 heavy (non-hydrogen) atoms. The Morgan fingerprint density at radius 3 is 2.47 bits per heavy atom. The van der Waals surface area contributed by atoms with Crippen molar-refractivity contribution < 1.29 is 5.11 Å². The first-order valence-corrected chi connectivity index (χ1v) is 9.79. The molecule has 0 saturated carbocycles. The molecule has 0 aromatic heterocycles. The summed E-state index contributed by atoms with van der Waals surface area (Å²) in [7, 11) is -1.25. The number of hydrogen-bond acceptors (Lipinski definition) is 1. The Hall–Kier alpha value is 0.207. The summed E-state index contributed by atoms with van der Waals surface area (Å²) in [6.45, 7) is 9.05. The van der Waals surface area contributed by atoms with E-state index in [9.17, 15) is 5.11 Å². The van der Waals surface area contributed by atoms with E-state index in [0.717, 1.165) is 25.7 Å². The van der Waals surface area contributed by atoms with E-state index in [1.165, 1.54) is 5.57 Å². The third-order valence-corrected chi connectivity index (χ3v) is 5.97. The van der Waals surface area contributed by atoms with Crippen LogP contribution in [0.25, 0.3) is 0 Å². The van der Waals surface area contributed by atoms with Crippen LogP contribution < -0.4 is 0 Å². The van der Waals surface area contributed by atoms with E-state index in [1.807, 2.05) is 6.92 Å². The van der Waals surface area contributed by atoms with Crippen LogP contribution in [-0.2, 0) is 0 Å². The van der Waals surface area contributed by atoms with Crippen LogP contribution in [0.2, 0.25) is 19.6 Å². The zero-order valence-corrected chi connectivity index (χ0v) is 12.1. The van der Waals surface area contributed by atoms with Gasteiger partial charge in [-0.15, -0.1) is 11.6 Å². The zero-order chi connectivity index (χ0) is 11.7. The Kier molecular flexibility index (Phi) is 4.07. The lowest BCUT2D eigenvalue weighted by Gasteiger charge is -2.25. The molecule has 0 heterocycles. The first-order valence-electron chi connectivity index (χ1n) is 5.76. The average molecular weight is 247 g/mol. The minimum Gasteiger partial charge on any atom is -0.390 e. The second kappa shape index (κ2) is 4.60. The number of alkyl halides is 1. The first-order chi connectivity index (χ1) is 6.76. The van der Waals surface area contributed by atoms with Gasteiger partial charge in [-0.05, 0) is 32.6 Å². The van der Waals surface area contributed by atoms with Crippen molar-refractivity contribution in [1.29, 1.82) is 0 Å². The minimum absolute atomic E-state index is 0.536. The summed E-state index contributed by atoms with van der Waals surface area (Å²) in [5.74, 6) is 0.593. The van der Waals surface area contributed by atoms with Crippen LogP contribution in [0.5, 0.6) is 0 Å². The monoisotopic (exact) mass is 246 g/mol. The van der Waals surface area contributed by atoms with E-state index in [-0.39, 0.29) is 0 Å². The van der Waals surface area contributed by atoms with E-state index in [0.29, 0.717) is 5.88 Å². The molecule has 0 amide bonds. The predicted octanol–water partition coefficient (Wildman–Crippen LogP) is 3.72. The number of rotatable bonds is 2. The summed E-state index contributed by atoms with van der Waals surface area (Å²) in [6, 6.07) is 0. The summed E-state index contributed by atoms with van der Waals surface area (Å²) in [6.07, 6.45) is 3.93. The molecule has 0 aliphatic heterocycles. The molecule has 0 saturated heterocycles. The quantitative estimate of drug-likeness (QED) is 0.582. The van der Waals surface area contributed by atoms with E-state index < -0.39 is 13.7 Å². The molecule has 1 unspecified atom stereocenters. The van der Waals surface area contributed by atoms with Crippen molar-refractivity contribution in [2.75, 3.05) is 5.88 Å². The van der Waals surface area contributed by atoms with Gasteiger partial charge in [-0.2, -0.15) is 0 Å². The highest BCUT2D eigenvalue weighted by molar-refractivity contribution is 6.83.